The molecule has 0 bridgehead atoms. The van der Waals surface area contributed by atoms with Crippen LogP contribution in [0.5, 0.6) is 5.75 Å². The molecule has 5 heteroatoms. The van der Waals surface area contributed by atoms with Gasteiger partial charge in [0, 0.05) is 16.0 Å². The molecule has 2 atom stereocenters. The van der Waals surface area contributed by atoms with Crippen molar-refractivity contribution in [3.63, 3.8) is 0 Å². The van der Waals surface area contributed by atoms with E-state index < -0.39 is 0 Å². The fraction of sp³-hybridized carbons (Fsp3) is 0.286. The Morgan fingerprint density at radius 2 is 1.82 bits per heavy atom. The zero-order valence-corrected chi connectivity index (χ0v) is 20.8. The van der Waals surface area contributed by atoms with Crippen LogP contribution in [0, 0.1) is 5.92 Å². The molecule has 0 saturated heterocycles. The highest BCUT2D eigenvalue weighted by Crippen LogP contribution is 2.47. The van der Waals surface area contributed by atoms with Gasteiger partial charge in [0.05, 0.1) is 6.21 Å². The number of nitrogens with one attached hydrogen (secondary N) is 1. The van der Waals surface area contributed by atoms with Crippen LogP contribution in [0.15, 0.2) is 82.4 Å². The lowest BCUT2D eigenvalue weighted by molar-refractivity contribution is -0.122. The van der Waals surface area contributed by atoms with Crippen LogP contribution < -0.4 is 10.2 Å². The number of benzene rings is 3. The Kier molecular flexibility index (Phi) is 6.99. The van der Waals surface area contributed by atoms with Crippen molar-refractivity contribution in [3.05, 3.63) is 99.5 Å². The molecular weight excluding hydrogens is 476 g/mol. The predicted molar refractivity (Wildman–Crippen MR) is 137 cm³/mol. The summed E-state index contributed by atoms with van der Waals surface area (Å²) in [6, 6.07) is 24.4. The number of carbonyl (C=O) groups excluding carboxylic acids is 1. The molecule has 1 aliphatic carbocycles. The SMILES string of the molecule is CC(C)(C)c1ccc(C2CC2C(=O)NN=Cc2cc(Br)ccc2OCc2ccccc2)cc1. The van der Waals surface area contributed by atoms with E-state index in [0.29, 0.717) is 12.4 Å². The van der Waals surface area contributed by atoms with Gasteiger partial charge in [0.15, 0.2) is 0 Å². The highest BCUT2D eigenvalue weighted by Gasteiger charge is 2.44. The average molecular weight is 505 g/mol. The first-order chi connectivity index (χ1) is 15.8. The zero-order chi connectivity index (χ0) is 23.4. The second kappa shape index (κ2) is 9.92. The summed E-state index contributed by atoms with van der Waals surface area (Å²) in [5.74, 6) is 0.907. The van der Waals surface area contributed by atoms with Gasteiger partial charge in [-0.25, -0.2) is 5.43 Å². The van der Waals surface area contributed by atoms with Gasteiger partial charge in [-0.15, -0.1) is 0 Å². The van der Waals surface area contributed by atoms with Gasteiger partial charge in [0.2, 0.25) is 5.91 Å². The van der Waals surface area contributed by atoms with Crippen LogP contribution in [-0.2, 0) is 16.8 Å². The van der Waals surface area contributed by atoms with Crippen molar-refractivity contribution in [2.24, 2.45) is 11.0 Å². The van der Waals surface area contributed by atoms with E-state index in [1.165, 1.54) is 11.1 Å². The van der Waals surface area contributed by atoms with Crippen LogP contribution >= 0.6 is 15.9 Å². The molecule has 0 spiro atoms. The van der Waals surface area contributed by atoms with Gasteiger partial charge >= 0.3 is 0 Å². The van der Waals surface area contributed by atoms with Crippen LogP contribution in [-0.4, -0.2) is 12.1 Å². The fourth-order valence-corrected chi connectivity index (χ4v) is 4.20. The van der Waals surface area contributed by atoms with Gasteiger partial charge in [0.1, 0.15) is 12.4 Å². The van der Waals surface area contributed by atoms with E-state index >= 15 is 0 Å². The van der Waals surface area contributed by atoms with E-state index in [9.17, 15) is 4.79 Å². The van der Waals surface area contributed by atoms with E-state index in [-0.39, 0.29) is 23.2 Å². The van der Waals surface area contributed by atoms with Crippen molar-refractivity contribution in [1.29, 1.82) is 0 Å². The molecular formula is C28H29BrN2O2. The first-order valence-corrected chi connectivity index (χ1v) is 12.0. The fourth-order valence-electron chi connectivity index (χ4n) is 3.82. The third-order valence-electron chi connectivity index (χ3n) is 5.92. The van der Waals surface area contributed by atoms with Gasteiger partial charge in [-0.1, -0.05) is 91.3 Å². The van der Waals surface area contributed by atoms with Crippen LogP contribution in [0.1, 0.15) is 55.4 Å². The second-order valence-corrected chi connectivity index (χ2v) is 10.4. The molecule has 0 aliphatic heterocycles. The predicted octanol–water partition coefficient (Wildman–Crippen LogP) is 6.58. The molecule has 1 aliphatic rings. The van der Waals surface area contributed by atoms with Crippen molar-refractivity contribution < 1.29 is 9.53 Å². The minimum absolute atomic E-state index is 0.0288. The summed E-state index contributed by atoms with van der Waals surface area (Å²) in [5, 5.41) is 4.21. The van der Waals surface area contributed by atoms with Gasteiger partial charge in [-0.2, -0.15) is 5.10 Å². The lowest BCUT2D eigenvalue weighted by atomic mass is 9.86. The molecule has 1 fully saturated rings. The average Bonchev–Trinajstić information content (AvgIpc) is 3.60. The summed E-state index contributed by atoms with van der Waals surface area (Å²) in [6.45, 7) is 7.08. The smallest absolute Gasteiger partial charge is 0.243 e. The first-order valence-electron chi connectivity index (χ1n) is 11.2. The molecule has 0 radical (unpaired) electrons. The normalized spacial score (nSPS) is 17.7. The number of rotatable bonds is 7. The van der Waals surface area contributed by atoms with E-state index in [1.807, 2.05) is 48.5 Å². The molecule has 1 saturated carbocycles. The lowest BCUT2D eigenvalue weighted by Crippen LogP contribution is -2.20. The van der Waals surface area contributed by atoms with Crippen molar-refractivity contribution in [2.45, 2.75) is 45.1 Å². The van der Waals surface area contributed by atoms with E-state index in [2.05, 4.69) is 71.5 Å². The third-order valence-corrected chi connectivity index (χ3v) is 6.41. The van der Waals surface area contributed by atoms with Crippen molar-refractivity contribution in [3.8, 4) is 5.75 Å². The molecule has 2 unspecified atom stereocenters. The molecule has 3 aromatic rings. The Balaban J connectivity index is 1.34. The second-order valence-electron chi connectivity index (χ2n) is 9.51. The summed E-state index contributed by atoms with van der Waals surface area (Å²) in [6.07, 6.45) is 2.50. The van der Waals surface area contributed by atoms with Gasteiger partial charge < -0.3 is 4.74 Å². The maximum absolute atomic E-state index is 12.6. The van der Waals surface area contributed by atoms with Gasteiger partial charge in [-0.3, -0.25) is 4.79 Å². The summed E-state index contributed by atoms with van der Waals surface area (Å²) >= 11 is 3.49. The maximum atomic E-state index is 12.6. The Bertz CT molecular complexity index is 1130. The highest BCUT2D eigenvalue weighted by molar-refractivity contribution is 9.10. The van der Waals surface area contributed by atoms with Crippen LogP contribution in [0.3, 0.4) is 0 Å². The number of nitrogens with zero attached hydrogens (tertiary/aromatic N) is 1. The highest BCUT2D eigenvalue weighted by atomic mass is 79.9. The summed E-state index contributed by atoms with van der Waals surface area (Å²) in [5.41, 5.74) is 7.24. The largest absolute Gasteiger partial charge is 0.488 e. The number of halogens is 1. The number of hydrogen-bond acceptors (Lipinski definition) is 3. The monoisotopic (exact) mass is 504 g/mol. The molecule has 4 nitrogen and oxygen atoms in total. The quantitative estimate of drug-likeness (QED) is 0.291. The van der Waals surface area contributed by atoms with E-state index in [1.54, 1.807) is 6.21 Å². The number of carbonyl (C=O) groups is 1. The van der Waals surface area contributed by atoms with Crippen molar-refractivity contribution in [2.75, 3.05) is 0 Å². The summed E-state index contributed by atoms with van der Waals surface area (Å²) in [7, 11) is 0. The molecule has 0 heterocycles. The Morgan fingerprint density at radius 3 is 2.52 bits per heavy atom. The molecule has 170 valence electrons. The number of ether oxygens (including phenoxy) is 1. The molecule has 1 N–H and O–H groups in total. The number of hydrogen-bond donors (Lipinski definition) is 1. The van der Waals surface area contributed by atoms with Crippen LogP contribution in [0.25, 0.3) is 0 Å². The minimum Gasteiger partial charge on any atom is -0.488 e. The van der Waals surface area contributed by atoms with Gasteiger partial charge in [0.25, 0.3) is 0 Å². The van der Waals surface area contributed by atoms with Crippen molar-refractivity contribution >= 4 is 28.1 Å². The molecule has 1 amide bonds. The Hall–Kier alpha value is -2.92. The molecule has 33 heavy (non-hydrogen) atoms. The number of amides is 1. The van der Waals surface area contributed by atoms with Crippen LogP contribution in [0.4, 0.5) is 0 Å². The third kappa shape index (κ3) is 6.11. The first kappa shape index (κ1) is 23.2. The molecule has 4 rings (SSSR count). The van der Waals surface area contributed by atoms with Crippen molar-refractivity contribution in [1.82, 2.24) is 5.43 Å². The zero-order valence-electron chi connectivity index (χ0n) is 19.2. The van der Waals surface area contributed by atoms with E-state index in [4.69, 9.17) is 4.74 Å². The van der Waals surface area contributed by atoms with E-state index in [0.717, 1.165) is 22.0 Å². The lowest BCUT2D eigenvalue weighted by Gasteiger charge is -2.19. The maximum Gasteiger partial charge on any atom is 0.243 e. The summed E-state index contributed by atoms with van der Waals surface area (Å²) in [4.78, 5) is 12.6. The molecule has 3 aromatic carbocycles. The Morgan fingerprint density at radius 1 is 1.09 bits per heavy atom. The Labute approximate surface area is 204 Å². The minimum atomic E-state index is -0.0436. The van der Waals surface area contributed by atoms with Gasteiger partial charge in [-0.05, 0) is 52.6 Å². The molecule has 0 aromatic heterocycles. The standard InChI is InChI=1S/C28H29BrN2O2/c1-28(2,3)22-11-9-20(10-12-22)24-16-25(24)27(32)31-30-17-21-15-23(29)13-14-26(21)33-18-19-7-5-4-6-8-19/h4-15,17,24-25H,16,18H2,1-3H3,(H,31,32). The topological polar surface area (TPSA) is 50.7 Å². The van der Waals surface area contributed by atoms with Crippen LogP contribution in [0.2, 0.25) is 0 Å². The summed E-state index contributed by atoms with van der Waals surface area (Å²) < 4.78 is 6.90. The number of hydrazone groups is 1.